The van der Waals surface area contributed by atoms with Gasteiger partial charge in [0.05, 0.1) is 6.54 Å². The van der Waals surface area contributed by atoms with Gasteiger partial charge in [-0.15, -0.1) is 11.3 Å². The molecule has 0 bridgehead atoms. The molecule has 2 N–H and O–H groups in total. The minimum atomic E-state index is 0.527. The van der Waals surface area contributed by atoms with Crippen molar-refractivity contribution in [3.63, 3.8) is 0 Å². The van der Waals surface area contributed by atoms with Gasteiger partial charge in [-0.2, -0.15) is 0 Å². The molecule has 0 amide bonds. The van der Waals surface area contributed by atoms with E-state index in [0.29, 0.717) is 18.5 Å². The van der Waals surface area contributed by atoms with E-state index in [9.17, 15) is 0 Å². The summed E-state index contributed by atoms with van der Waals surface area (Å²) in [5.41, 5.74) is 0. The Balaban J connectivity index is 1.92. The number of aliphatic imine (C=N–C) groups is 1. The Morgan fingerprint density at radius 3 is 2.56 bits per heavy atom. The van der Waals surface area contributed by atoms with Gasteiger partial charge in [0, 0.05) is 56.4 Å². The Hall–Kier alpha value is -1.18. The molecule has 0 aliphatic carbocycles. The second-order valence-corrected chi connectivity index (χ2v) is 8.41. The van der Waals surface area contributed by atoms with E-state index in [1.54, 1.807) is 11.3 Å². The molecule has 1 saturated heterocycles. The number of nitrogens with zero attached hydrogens (tertiary/aromatic N) is 4. The molecular weight excluding hydrogens is 332 g/mol. The number of hydrogen-bond donors (Lipinski definition) is 2. The molecular formula is C18H34N6S. The molecule has 1 aliphatic rings. The number of likely N-dealkylation sites (N-methyl/N-ethyl adjacent to an activating group) is 1. The van der Waals surface area contributed by atoms with Crippen LogP contribution in [-0.2, 0) is 6.54 Å². The summed E-state index contributed by atoms with van der Waals surface area (Å²) in [6.45, 7) is 15.8. The van der Waals surface area contributed by atoms with Gasteiger partial charge in [-0.3, -0.25) is 4.90 Å². The summed E-state index contributed by atoms with van der Waals surface area (Å²) < 4.78 is 0. The summed E-state index contributed by atoms with van der Waals surface area (Å²) >= 11 is 1.71. The van der Waals surface area contributed by atoms with Gasteiger partial charge in [-0.1, -0.05) is 13.8 Å². The maximum atomic E-state index is 4.70. The van der Waals surface area contributed by atoms with Crippen molar-refractivity contribution >= 4 is 17.3 Å². The summed E-state index contributed by atoms with van der Waals surface area (Å²) in [5, 5.41) is 7.97. The van der Waals surface area contributed by atoms with E-state index in [-0.39, 0.29) is 0 Å². The van der Waals surface area contributed by atoms with Crippen LogP contribution in [0.1, 0.15) is 30.7 Å². The molecule has 1 aromatic rings. The lowest BCUT2D eigenvalue weighted by atomic mass is 10.0. The van der Waals surface area contributed by atoms with Crippen molar-refractivity contribution in [1.29, 1.82) is 0 Å². The molecule has 1 unspecified atom stereocenters. The highest BCUT2D eigenvalue weighted by atomic mass is 32.1. The normalized spacial score (nSPS) is 18.6. The zero-order valence-electron chi connectivity index (χ0n) is 16.4. The van der Waals surface area contributed by atoms with Crippen molar-refractivity contribution in [2.45, 2.75) is 40.3 Å². The van der Waals surface area contributed by atoms with E-state index < -0.39 is 0 Å². The predicted molar refractivity (Wildman–Crippen MR) is 107 cm³/mol. The fraction of sp³-hybridized carbons (Fsp3) is 0.778. The second-order valence-electron chi connectivity index (χ2n) is 7.09. The predicted octanol–water partition coefficient (Wildman–Crippen LogP) is 1.78. The first-order valence-corrected chi connectivity index (χ1v) is 10.2. The van der Waals surface area contributed by atoms with Crippen LogP contribution in [0, 0.1) is 12.8 Å². The molecule has 1 fully saturated rings. The van der Waals surface area contributed by atoms with Gasteiger partial charge >= 0.3 is 0 Å². The lowest BCUT2D eigenvalue weighted by Crippen LogP contribution is -2.55. The van der Waals surface area contributed by atoms with E-state index in [2.05, 4.69) is 60.2 Å². The van der Waals surface area contributed by atoms with Gasteiger partial charge in [-0.25, -0.2) is 9.98 Å². The molecule has 1 atom stereocenters. The van der Waals surface area contributed by atoms with Crippen LogP contribution < -0.4 is 10.6 Å². The zero-order valence-corrected chi connectivity index (χ0v) is 17.2. The molecule has 2 rings (SSSR count). The Bertz CT molecular complexity index is 533. The molecule has 0 saturated carbocycles. The Labute approximate surface area is 156 Å². The lowest BCUT2D eigenvalue weighted by molar-refractivity contribution is 0.0900. The molecule has 142 valence electrons. The van der Waals surface area contributed by atoms with E-state index in [1.165, 1.54) is 4.88 Å². The smallest absolute Gasteiger partial charge is 0.191 e. The fourth-order valence-electron chi connectivity index (χ4n) is 3.10. The second kappa shape index (κ2) is 10.1. The topological polar surface area (TPSA) is 55.8 Å². The third-order valence-corrected chi connectivity index (χ3v) is 5.54. The third kappa shape index (κ3) is 6.56. The number of aryl methyl sites for hydroxylation is 1. The molecule has 0 radical (unpaired) electrons. The maximum Gasteiger partial charge on any atom is 0.191 e. The van der Waals surface area contributed by atoms with Crippen LogP contribution >= 0.6 is 11.3 Å². The number of piperazine rings is 1. The van der Waals surface area contributed by atoms with Crippen LogP contribution in [0.15, 0.2) is 11.2 Å². The van der Waals surface area contributed by atoms with Crippen LogP contribution in [0.4, 0.5) is 0 Å². The van der Waals surface area contributed by atoms with E-state index in [4.69, 9.17) is 4.99 Å². The average molecular weight is 367 g/mol. The fourth-order valence-corrected chi connectivity index (χ4v) is 3.82. The molecule has 1 aliphatic heterocycles. The first-order valence-electron chi connectivity index (χ1n) is 9.35. The summed E-state index contributed by atoms with van der Waals surface area (Å²) in [6, 6.07) is 0.527. The highest BCUT2D eigenvalue weighted by Crippen LogP contribution is 2.13. The summed E-state index contributed by atoms with van der Waals surface area (Å²) in [6.07, 6.45) is 1.91. The lowest BCUT2D eigenvalue weighted by Gasteiger charge is -2.40. The molecule has 25 heavy (non-hydrogen) atoms. The van der Waals surface area contributed by atoms with Gasteiger partial charge < -0.3 is 15.5 Å². The first-order chi connectivity index (χ1) is 12.0. The molecule has 1 aromatic heterocycles. The van der Waals surface area contributed by atoms with Crippen molar-refractivity contribution in [2.24, 2.45) is 10.9 Å². The van der Waals surface area contributed by atoms with Gasteiger partial charge in [0.15, 0.2) is 5.96 Å². The average Bonchev–Trinajstić information content (AvgIpc) is 2.99. The van der Waals surface area contributed by atoms with Gasteiger partial charge in [0.2, 0.25) is 0 Å². The molecule has 0 aromatic carbocycles. The number of thiazole rings is 1. The van der Waals surface area contributed by atoms with Gasteiger partial charge in [-0.05, 0) is 26.8 Å². The quantitative estimate of drug-likeness (QED) is 0.569. The highest BCUT2D eigenvalue weighted by molar-refractivity contribution is 7.11. The Morgan fingerprint density at radius 1 is 1.28 bits per heavy atom. The standard InChI is InChI=1S/C18H34N6S/c1-6-19-18(22-13-17-20-11-15(4)25-17)21-12-16(14(2)3)24-9-7-23(5)8-10-24/h11,14,16H,6-10,12-13H2,1-5H3,(H2,19,21,22). The Kier molecular flexibility index (Phi) is 8.12. The van der Waals surface area contributed by atoms with Crippen LogP contribution in [0.25, 0.3) is 0 Å². The number of hydrogen-bond acceptors (Lipinski definition) is 5. The van der Waals surface area contributed by atoms with Crippen molar-refractivity contribution < 1.29 is 0 Å². The van der Waals surface area contributed by atoms with Crippen LogP contribution in [-0.4, -0.2) is 73.1 Å². The van der Waals surface area contributed by atoms with Crippen molar-refractivity contribution in [3.05, 3.63) is 16.1 Å². The summed E-state index contributed by atoms with van der Waals surface area (Å²) in [4.78, 5) is 15.4. The largest absolute Gasteiger partial charge is 0.357 e. The summed E-state index contributed by atoms with van der Waals surface area (Å²) in [7, 11) is 2.20. The van der Waals surface area contributed by atoms with E-state index >= 15 is 0 Å². The first kappa shape index (κ1) is 20.1. The number of aromatic nitrogens is 1. The van der Waals surface area contributed by atoms with Crippen LogP contribution in [0.5, 0.6) is 0 Å². The van der Waals surface area contributed by atoms with Crippen LogP contribution in [0.3, 0.4) is 0 Å². The van der Waals surface area contributed by atoms with E-state index in [1.807, 2.05) is 6.20 Å². The molecule has 6 nitrogen and oxygen atoms in total. The van der Waals surface area contributed by atoms with Gasteiger partial charge in [0.1, 0.15) is 5.01 Å². The highest BCUT2D eigenvalue weighted by Gasteiger charge is 2.25. The SMILES string of the molecule is CCNC(=NCc1ncc(C)s1)NCC(C(C)C)N1CCN(C)CC1. The number of guanidine groups is 1. The van der Waals surface area contributed by atoms with Gasteiger partial charge in [0.25, 0.3) is 0 Å². The zero-order chi connectivity index (χ0) is 18.2. The molecule has 7 heteroatoms. The van der Waals surface area contributed by atoms with Crippen molar-refractivity contribution in [2.75, 3.05) is 46.3 Å². The van der Waals surface area contributed by atoms with E-state index in [0.717, 1.165) is 50.2 Å². The number of rotatable bonds is 7. The van der Waals surface area contributed by atoms with Crippen LogP contribution in [0.2, 0.25) is 0 Å². The minimum Gasteiger partial charge on any atom is -0.357 e. The van der Waals surface area contributed by atoms with Crippen molar-refractivity contribution in [1.82, 2.24) is 25.4 Å². The third-order valence-electron chi connectivity index (χ3n) is 4.64. The monoisotopic (exact) mass is 366 g/mol. The Morgan fingerprint density at radius 2 is 2.00 bits per heavy atom. The minimum absolute atomic E-state index is 0.527. The van der Waals surface area contributed by atoms with Crippen molar-refractivity contribution in [3.8, 4) is 0 Å². The summed E-state index contributed by atoms with van der Waals surface area (Å²) in [5.74, 6) is 1.50. The molecule has 0 spiro atoms. The maximum absolute atomic E-state index is 4.70. The molecule has 2 heterocycles. The number of nitrogens with one attached hydrogen (secondary N) is 2.